The molecule has 0 N–H and O–H groups in total. The standard InChI is InChI=1S/C5H13N.Cl2O.ClH/c1-4-6(3)5-2;1-3-2;/h4-5H2,1-3H3;;1H. The van der Waals surface area contributed by atoms with Crippen LogP contribution >= 0.6 is 36.1 Å². The maximum absolute atomic E-state index is 4.26. The number of nitrogens with zero attached hydrogens (tertiary/aromatic N) is 1. The fourth-order valence-electron chi connectivity index (χ4n) is 0.224. The van der Waals surface area contributed by atoms with Crippen LogP contribution < -0.4 is 0 Å². The molecule has 0 rings (SSSR count). The largest absolute Gasteiger partial charge is 0.307 e. The number of hydrogen-bond donors (Lipinski definition) is 0. The summed E-state index contributed by atoms with van der Waals surface area (Å²) in [4.78, 5) is 2.25. The van der Waals surface area contributed by atoms with Gasteiger partial charge in [-0.25, -0.2) is 0 Å². The second kappa shape index (κ2) is 16.4. The summed E-state index contributed by atoms with van der Waals surface area (Å²) in [5.41, 5.74) is 0. The van der Waals surface area contributed by atoms with Crippen molar-refractivity contribution in [2.75, 3.05) is 20.1 Å². The van der Waals surface area contributed by atoms with Gasteiger partial charge in [-0.05, 0) is 20.1 Å². The summed E-state index contributed by atoms with van der Waals surface area (Å²) in [6, 6.07) is 0. The normalized spacial score (nSPS) is 7.80. The minimum Gasteiger partial charge on any atom is -0.307 e. The lowest BCUT2D eigenvalue weighted by atomic mass is 10.6. The molecule has 0 atom stereocenters. The van der Waals surface area contributed by atoms with Crippen LogP contribution in [0.5, 0.6) is 0 Å². The molecule has 0 bridgehead atoms. The van der Waals surface area contributed by atoms with E-state index in [9.17, 15) is 0 Å². The van der Waals surface area contributed by atoms with Crippen LogP contribution in [0.3, 0.4) is 0 Å². The monoisotopic (exact) mass is 209 g/mol. The van der Waals surface area contributed by atoms with Gasteiger partial charge in [0, 0.05) is 0 Å². The fraction of sp³-hybridized carbons (Fsp3) is 1.00. The molecule has 0 unspecified atom stereocenters. The lowest BCUT2D eigenvalue weighted by Crippen LogP contribution is -2.15. The molecule has 0 saturated heterocycles. The molecule has 0 spiro atoms. The minimum atomic E-state index is 0. The SMILES string of the molecule is CCN(C)CC.Cl.ClOCl. The Morgan fingerprint density at radius 2 is 1.40 bits per heavy atom. The molecule has 0 saturated carbocycles. The van der Waals surface area contributed by atoms with Gasteiger partial charge in [0.25, 0.3) is 0 Å². The van der Waals surface area contributed by atoms with Crippen LogP contribution in [0, 0.1) is 0 Å². The van der Waals surface area contributed by atoms with Gasteiger partial charge < -0.3 is 4.90 Å². The Morgan fingerprint density at radius 1 is 1.20 bits per heavy atom. The first-order chi connectivity index (χ1) is 4.22. The molecule has 0 fully saturated rings. The van der Waals surface area contributed by atoms with Crippen LogP contribution in [0.15, 0.2) is 0 Å². The summed E-state index contributed by atoms with van der Waals surface area (Å²) in [6.07, 6.45) is 0. The molecule has 10 heavy (non-hydrogen) atoms. The summed E-state index contributed by atoms with van der Waals surface area (Å²) in [7, 11) is 2.11. The molecule has 0 aliphatic rings. The molecule has 0 aliphatic carbocycles. The van der Waals surface area contributed by atoms with Crippen molar-refractivity contribution in [3.8, 4) is 0 Å². The van der Waals surface area contributed by atoms with E-state index in [-0.39, 0.29) is 12.4 Å². The lowest BCUT2D eigenvalue weighted by molar-refractivity contribution is 0.373. The van der Waals surface area contributed by atoms with E-state index in [0.29, 0.717) is 0 Å². The van der Waals surface area contributed by atoms with Gasteiger partial charge in [-0.1, -0.05) is 13.8 Å². The first-order valence-electron chi connectivity index (χ1n) is 2.80. The van der Waals surface area contributed by atoms with E-state index in [4.69, 9.17) is 0 Å². The first-order valence-corrected chi connectivity index (χ1v) is 3.42. The predicted octanol–water partition coefficient (Wildman–Crippen LogP) is 2.69. The van der Waals surface area contributed by atoms with E-state index in [2.05, 4.69) is 53.4 Å². The summed E-state index contributed by atoms with van der Waals surface area (Å²) in [5, 5.41) is 0. The van der Waals surface area contributed by atoms with E-state index in [0.717, 1.165) is 13.1 Å². The highest BCUT2D eigenvalue weighted by Gasteiger charge is 1.81. The van der Waals surface area contributed by atoms with Crippen molar-refractivity contribution >= 4 is 36.1 Å². The molecule has 0 aliphatic heterocycles. The zero-order chi connectivity index (χ0) is 7.70. The minimum absolute atomic E-state index is 0. The maximum Gasteiger partial charge on any atom is 0.0832 e. The van der Waals surface area contributed by atoms with Crippen LogP contribution in [-0.2, 0) is 3.84 Å². The van der Waals surface area contributed by atoms with Crippen molar-refractivity contribution in [2.45, 2.75) is 13.8 Å². The van der Waals surface area contributed by atoms with Crippen molar-refractivity contribution < 1.29 is 3.84 Å². The maximum atomic E-state index is 4.26. The third-order valence-corrected chi connectivity index (χ3v) is 1.08. The second-order valence-corrected chi connectivity index (χ2v) is 2.01. The van der Waals surface area contributed by atoms with Crippen molar-refractivity contribution in [3.63, 3.8) is 0 Å². The molecule has 0 aromatic carbocycles. The zero-order valence-corrected chi connectivity index (χ0v) is 8.76. The van der Waals surface area contributed by atoms with Gasteiger partial charge in [0.1, 0.15) is 0 Å². The average Bonchev–Trinajstić information content (AvgIpc) is 1.88. The topological polar surface area (TPSA) is 12.5 Å². The van der Waals surface area contributed by atoms with Crippen LogP contribution in [0.1, 0.15) is 13.8 Å². The van der Waals surface area contributed by atoms with Crippen LogP contribution in [0.2, 0.25) is 0 Å². The third-order valence-electron chi connectivity index (χ3n) is 1.08. The van der Waals surface area contributed by atoms with Gasteiger partial charge in [0.2, 0.25) is 0 Å². The van der Waals surface area contributed by atoms with Crippen molar-refractivity contribution in [1.82, 2.24) is 4.90 Å². The summed E-state index contributed by atoms with van der Waals surface area (Å²) >= 11 is 8.53. The Hall–Kier alpha value is 0.790. The lowest BCUT2D eigenvalue weighted by Gasteiger charge is -2.07. The van der Waals surface area contributed by atoms with Gasteiger partial charge >= 0.3 is 0 Å². The Kier molecular flexibility index (Phi) is 28.0. The highest BCUT2D eigenvalue weighted by atomic mass is 35.6. The van der Waals surface area contributed by atoms with Crippen molar-refractivity contribution in [2.24, 2.45) is 0 Å². The van der Waals surface area contributed by atoms with Crippen molar-refractivity contribution in [1.29, 1.82) is 0 Å². The van der Waals surface area contributed by atoms with E-state index in [1.165, 1.54) is 0 Å². The second-order valence-electron chi connectivity index (χ2n) is 1.55. The Morgan fingerprint density at radius 3 is 1.40 bits per heavy atom. The number of halogens is 3. The molecule has 0 aromatic heterocycles. The van der Waals surface area contributed by atoms with Crippen molar-refractivity contribution in [3.05, 3.63) is 0 Å². The highest BCUT2D eigenvalue weighted by Crippen LogP contribution is 1.78. The average molecular weight is 211 g/mol. The van der Waals surface area contributed by atoms with Gasteiger partial charge in [-0.15, -0.1) is 12.4 Å². The molecule has 0 aromatic rings. The Labute approximate surface area is 79.2 Å². The molecule has 66 valence electrons. The first kappa shape index (κ1) is 17.0. The van der Waals surface area contributed by atoms with E-state index in [1.807, 2.05) is 0 Å². The predicted molar refractivity (Wildman–Crippen MR) is 48.9 cm³/mol. The molecule has 5 heteroatoms. The molecule has 0 amide bonds. The van der Waals surface area contributed by atoms with Crippen LogP contribution in [0.25, 0.3) is 0 Å². The fourth-order valence-corrected chi connectivity index (χ4v) is 0.224. The molecular weight excluding hydrogens is 196 g/mol. The molecular formula is C5H14Cl3NO. The van der Waals surface area contributed by atoms with Gasteiger partial charge in [0.05, 0.1) is 23.7 Å². The van der Waals surface area contributed by atoms with E-state index in [1.54, 1.807) is 0 Å². The smallest absolute Gasteiger partial charge is 0.0832 e. The van der Waals surface area contributed by atoms with Crippen LogP contribution in [0.4, 0.5) is 0 Å². The van der Waals surface area contributed by atoms with Gasteiger partial charge in [0.15, 0.2) is 0 Å². The summed E-state index contributed by atoms with van der Waals surface area (Å²) < 4.78 is 3.19. The Bertz CT molecular complexity index is 43.9. The van der Waals surface area contributed by atoms with Crippen LogP contribution in [-0.4, -0.2) is 25.0 Å². The number of hydrogen-bond acceptors (Lipinski definition) is 2. The quantitative estimate of drug-likeness (QED) is 0.695. The molecule has 2 nitrogen and oxygen atoms in total. The third kappa shape index (κ3) is 23.2. The highest BCUT2D eigenvalue weighted by molar-refractivity contribution is 6.24. The zero-order valence-electron chi connectivity index (χ0n) is 6.43. The summed E-state index contributed by atoms with van der Waals surface area (Å²) in [5.74, 6) is 0. The van der Waals surface area contributed by atoms with E-state index >= 15 is 0 Å². The number of rotatable bonds is 2. The van der Waals surface area contributed by atoms with E-state index < -0.39 is 0 Å². The van der Waals surface area contributed by atoms with Gasteiger partial charge in [-0.2, -0.15) is 3.84 Å². The Balaban J connectivity index is -0.000000107. The molecule has 0 heterocycles. The molecule has 0 radical (unpaired) electrons. The summed E-state index contributed by atoms with van der Waals surface area (Å²) in [6.45, 7) is 6.64. The van der Waals surface area contributed by atoms with Gasteiger partial charge in [-0.3, -0.25) is 0 Å².